The number of rotatable bonds is 2. The molecule has 5 N–H and O–H groups in total. The molecule has 24 heavy (non-hydrogen) atoms. The summed E-state index contributed by atoms with van der Waals surface area (Å²) in [5.74, 6) is 0.201. The van der Waals surface area contributed by atoms with Crippen molar-refractivity contribution < 1.29 is 5.11 Å². The number of aromatic hydroxyl groups is 1. The third-order valence-electron chi connectivity index (χ3n) is 4.22. The van der Waals surface area contributed by atoms with Crippen molar-refractivity contribution in [2.45, 2.75) is 0 Å². The molecule has 0 saturated carbocycles. The van der Waals surface area contributed by atoms with Gasteiger partial charge in [-0.15, -0.1) is 0 Å². The molecule has 0 atom stereocenters. The Balaban J connectivity index is 2.16. The van der Waals surface area contributed by atoms with Crippen LogP contribution in [0.15, 0.2) is 72.9 Å². The van der Waals surface area contributed by atoms with Crippen LogP contribution in [0.25, 0.3) is 27.9 Å². The van der Waals surface area contributed by atoms with E-state index in [1.807, 2.05) is 65.1 Å². The predicted octanol–water partition coefficient (Wildman–Crippen LogP) is 4.14. The molecule has 118 valence electrons. The molecule has 2 heterocycles. The fourth-order valence-corrected chi connectivity index (χ4v) is 3.07. The van der Waals surface area contributed by atoms with Crippen molar-refractivity contribution >= 4 is 16.9 Å². The number of anilines is 2. The van der Waals surface area contributed by atoms with Gasteiger partial charge in [0.1, 0.15) is 5.75 Å². The van der Waals surface area contributed by atoms with E-state index >= 15 is 0 Å². The Labute approximate surface area is 139 Å². The molecule has 0 fully saturated rings. The Bertz CT molecular complexity index is 1020. The molecule has 0 spiro atoms. The standard InChI is InChI=1S/C20H17N3O/c21-15-11-17-20(24)18(13-7-3-1-4-8-13)19(23(17)12-16(15)22)14-9-5-2-6-10-14/h1-12,24H,21-22H2. The molecule has 0 amide bonds. The minimum absolute atomic E-state index is 0.201. The van der Waals surface area contributed by atoms with Crippen LogP contribution in [0.4, 0.5) is 11.4 Å². The molecule has 0 aliphatic carbocycles. The van der Waals surface area contributed by atoms with Crippen LogP contribution >= 0.6 is 0 Å². The minimum Gasteiger partial charge on any atom is -0.505 e. The van der Waals surface area contributed by atoms with Crippen LogP contribution in [0.2, 0.25) is 0 Å². The van der Waals surface area contributed by atoms with E-state index in [4.69, 9.17) is 11.5 Å². The van der Waals surface area contributed by atoms with Gasteiger partial charge in [0.15, 0.2) is 0 Å². The quantitative estimate of drug-likeness (QED) is 0.520. The van der Waals surface area contributed by atoms with E-state index in [0.717, 1.165) is 22.4 Å². The first-order chi connectivity index (χ1) is 11.7. The molecule has 4 nitrogen and oxygen atoms in total. The molecule has 2 aromatic heterocycles. The first kappa shape index (κ1) is 14.2. The van der Waals surface area contributed by atoms with Gasteiger partial charge >= 0.3 is 0 Å². The average Bonchev–Trinajstić information content (AvgIpc) is 2.89. The molecule has 0 radical (unpaired) electrons. The summed E-state index contributed by atoms with van der Waals surface area (Å²) in [6, 6.07) is 21.5. The SMILES string of the molecule is Nc1cc2c(O)c(-c3ccccc3)c(-c3ccccc3)n2cc1N. The molecule has 4 rings (SSSR count). The molecule has 2 aromatic carbocycles. The number of hydrogen-bond acceptors (Lipinski definition) is 3. The van der Waals surface area contributed by atoms with Crippen molar-refractivity contribution in [2.24, 2.45) is 0 Å². The highest BCUT2D eigenvalue weighted by Crippen LogP contribution is 2.44. The second-order valence-electron chi connectivity index (χ2n) is 5.74. The third-order valence-corrected chi connectivity index (χ3v) is 4.22. The number of nitrogens with zero attached hydrogens (tertiary/aromatic N) is 1. The zero-order chi connectivity index (χ0) is 16.7. The highest BCUT2D eigenvalue weighted by molar-refractivity contribution is 5.95. The van der Waals surface area contributed by atoms with Crippen molar-refractivity contribution in [3.63, 3.8) is 0 Å². The van der Waals surface area contributed by atoms with Gasteiger partial charge in [-0.05, 0) is 17.2 Å². The van der Waals surface area contributed by atoms with E-state index in [0.29, 0.717) is 16.9 Å². The normalized spacial score (nSPS) is 11.0. The average molecular weight is 315 g/mol. The maximum Gasteiger partial charge on any atom is 0.149 e. The van der Waals surface area contributed by atoms with Gasteiger partial charge in [-0.3, -0.25) is 0 Å². The first-order valence-electron chi connectivity index (χ1n) is 7.69. The van der Waals surface area contributed by atoms with Crippen LogP contribution in [0.1, 0.15) is 0 Å². The second kappa shape index (κ2) is 5.35. The van der Waals surface area contributed by atoms with Crippen molar-refractivity contribution in [1.82, 2.24) is 4.40 Å². The summed E-state index contributed by atoms with van der Waals surface area (Å²) in [6.07, 6.45) is 1.76. The lowest BCUT2D eigenvalue weighted by Gasteiger charge is -2.08. The van der Waals surface area contributed by atoms with E-state index in [9.17, 15) is 5.11 Å². The number of aromatic nitrogens is 1. The lowest BCUT2D eigenvalue weighted by molar-refractivity contribution is 0.484. The van der Waals surface area contributed by atoms with Crippen LogP contribution in [0, 0.1) is 0 Å². The molecule has 0 unspecified atom stereocenters. The Hall–Kier alpha value is -3.40. The minimum atomic E-state index is 0.201. The number of fused-ring (bicyclic) bond motifs is 1. The number of nitrogen functional groups attached to an aromatic ring is 2. The van der Waals surface area contributed by atoms with Crippen molar-refractivity contribution in [3.05, 3.63) is 72.9 Å². The van der Waals surface area contributed by atoms with Gasteiger partial charge in [0.25, 0.3) is 0 Å². The zero-order valence-corrected chi connectivity index (χ0v) is 13.0. The lowest BCUT2D eigenvalue weighted by atomic mass is 10.0. The second-order valence-corrected chi connectivity index (χ2v) is 5.74. The number of benzene rings is 2. The summed E-state index contributed by atoms with van der Waals surface area (Å²) in [5, 5.41) is 10.9. The van der Waals surface area contributed by atoms with Crippen LogP contribution in [-0.4, -0.2) is 9.51 Å². The number of pyridine rings is 1. The van der Waals surface area contributed by atoms with Crippen molar-refractivity contribution in [3.8, 4) is 28.1 Å². The largest absolute Gasteiger partial charge is 0.505 e. The van der Waals surface area contributed by atoms with Gasteiger partial charge in [-0.2, -0.15) is 0 Å². The number of nitrogens with two attached hydrogens (primary N) is 2. The van der Waals surface area contributed by atoms with Crippen LogP contribution < -0.4 is 11.5 Å². The predicted molar refractivity (Wildman–Crippen MR) is 98.8 cm³/mol. The van der Waals surface area contributed by atoms with Crippen LogP contribution in [-0.2, 0) is 0 Å². The van der Waals surface area contributed by atoms with Crippen LogP contribution in [0.3, 0.4) is 0 Å². The topological polar surface area (TPSA) is 76.7 Å². The molecule has 4 aromatic rings. The van der Waals surface area contributed by atoms with E-state index < -0.39 is 0 Å². The van der Waals surface area contributed by atoms with E-state index in [1.54, 1.807) is 12.3 Å². The van der Waals surface area contributed by atoms with E-state index in [-0.39, 0.29) is 5.75 Å². The Morgan fingerprint density at radius 1 is 0.750 bits per heavy atom. The summed E-state index contributed by atoms with van der Waals surface area (Å²) in [7, 11) is 0. The van der Waals surface area contributed by atoms with Gasteiger partial charge in [0.2, 0.25) is 0 Å². The van der Waals surface area contributed by atoms with Crippen LogP contribution in [0.5, 0.6) is 5.75 Å². The molecule has 0 saturated heterocycles. The van der Waals surface area contributed by atoms with Gasteiger partial charge < -0.3 is 21.0 Å². The summed E-state index contributed by atoms with van der Waals surface area (Å²) in [6.45, 7) is 0. The molecule has 0 aliphatic heterocycles. The lowest BCUT2D eigenvalue weighted by Crippen LogP contribution is -1.98. The molecule has 0 bridgehead atoms. The summed E-state index contributed by atoms with van der Waals surface area (Å²) in [4.78, 5) is 0. The van der Waals surface area contributed by atoms with Gasteiger partial charge in [-0.1, -0.05) is 60.7 Å². The fraction of sp³-hybridized carbons (Fsp3) is 0. The van der Waals surface area contributed by atoms with Crippen molar-refractivity contribution in [2.75, 3.05) is 11.5 Å². The van der Waals surface area contributed by atoms with E-state index in [1.165, 1.54) is 0 Å². The molecule has 4 heteroatoms. The Kier molecular flexibility index (Phi) is 3.17. The van der Waals surface area contributed by atoms with Gasteiger partial charge in [0, 0.05) is 6.20 Å². The maximum atomic E-state index is 10.9. The number of hydrogen-bond donors (Lipinski definition) is 3. The summed E-state index contributed by atoms with van der Waals surface area (Å²) in [5.41, 5.74) is 17.1. The molecular formula is C20H17N3O. The van der Waals surface area contributed by atoms with Crippen molar-refractivity contribution in [1.29, 1.82) is 0 Å². The Morgan fingerprint density at radius 2 is 1.33 bits per heavy atom. The Morgan fingerprint density at radius 3 is 1.96 bits per heavy atom. The molecule has 0 aliphatic rings. The smallest absolute Gasteiger partial charge is 0.149 e. The maximum absolute atomic E-state index is 10.9. The third kappa shape index (κ3) is 2.08. The van der Waals surface area contributed by atoms with E-state index in [2.05, 4.69) is 0 Å². The highest BCUT2D eigenvalue weighted by atomic mass is 16.3. The fourth-order valence-electron chi connectivity index (χ4n) is 3.07. The monoisotopic (exact) mass is 315 g/mol. The van der Waals surface area contributed by atoms with Gasteiger partial charge in [-0.25, -0.2) is 0 Å². The zero-order valence-electron chi connectivity index (χ0n) is 13.0. The highest BCUT2D eigenvalue weighted by Gasteiger charge is 2.21. The molecular weight excluding hydrogens is 298 g/mol. The first-order valence-corrected chi connectivity index (χ1v) is 7.69. The summed E-state index contributed by atoms with van der Waals surface area (Å²) < 4.78 is 1.90. The van der Waals surface area contributed by atoms with Gasteiger partial charge in [0.05, 0.1) is 28.1 Å². The summed E-state index contributed by atoms with van der Waals surface area (Å²) >= 11 is 0.